The Bertz CT molecular complexity index is 869. The van der Waals surface area contributed by atoms with Gasteiger partial charge in [0.15, 0.2) is 0 Å². The number of benzene rings is 2. The molecule has 0 bridgehead atoms. The van der Waals surface area contributed by atoms with E-state index in [0.29, 0.717) is 18.5 Å². The van der Waals surface area contributed by atoms with Crippen molar-refractivity contribution >= 4 is 26.8 Å². The molecule has 2 aromatic rings. The number of hydrogen-bond acceptors (Lipinski definition) is 4. The predicted molar refractivity (Wildman–Crippen MR) is 83.0 cm³/mol. The molecule has 0 aromatic heterocycles. The monoisotopic (exact) mass is 334 g/mol. The summed E-state index contributed by atoms with van der Waals surface area (Å²) in [6.07, 6.45) is 2.65. The zero-order valence-corrected chi connectivity index (χ0v) is 13.2. The van der Waals surface area contributed by atoms with Crippen LogP contribution in [0.25, 0.3) is 10.8 Å². The number of hydrogen-bond donors (Lipinski definition) is 1. The summed E-state index contributed by atoms with van der Waals surface area (Å²) in [5.74, 6) is -2.01. The van der Waals surface area contributed by atoms with Crippen LogP contribution in [0.1, 0.15) is 29.6 Å². The van der Waals surface area contributed by atoms with Crippen molar-refractivity contribution in [2.45, 2.75) is 24.2 Å². The van der Waals surface area contributed by atoms with E-state index in [1.807, 2.05) is 0 Å². The normalized spacial score (nSPS) is 16.5. The van der Waals surface area contributed by atoms with Gasteiger partial charge in [0.05, 0.1) is 10.5 Å². The Labute approximate surface area is 134 Å². The summed E-state index contributed by atoms with van der Waals surface area (Å²) in [6.45, 7) is 0.937. The summed E-state index contributed by atoms with van der Waals surface area (Å²) < 4.78 is 27.1. The molecule has 1 N–H and O–H groups in total. The first kappa shape index (κ1) is 15.8. The number of rotatable bonds is 3. The van der Waals surface area contributed by atoms with Gasteiger partial charge in [-0.05, 0) is 30.4 Å². The summed E-state index contributed by atoms with van der Waals surface area (Å²) in [4.78, 5) is 11.1. The standard InChI is InChI=1S/C16H17NO5S/c18-14-10-12-11(9-13(14)16(19)20)5-4-6-15(12)23(21,22)17-7-2-1-3-8-17/h4-6,9-10,18H,1-3,7-8H2,(H,19,20)/p-1. The van der Waals surface area contributed by atoms with Crippen LogP contribution in [0.4, 0.5) is 0 Å². The third-order valence-corrected chi connectivity index (χ3v) is 6.06. The third-order valence-electron chi connectivity index (χ3n) is 4.10. The van der Waals surface area contributed by atoms with Gasteiger partial charge in [0.25, 0.3) is 0 Å². The Hall–Kier alpha value is -2.12. The van der Waals surface area contributed by atoms with Crippen LogP contribution in [0.2, 0.25) is 0 Å². The van der Waals surface area contributed by atoms with Crippen LogP contribution < -0.4 is 5.11 Å². The first-order valence-corrected chi connectivity index (χ1v) is 8.82. The van der Waals surface area contributed by atoms with E-state index in [1.54, 1.807) is 12.1 Å². The van der Waals surface area contributed by atoms with E-state index in [4.69, 9.17) is 5.11 Å². The summed E-state index contributed by atoms with van der Waals surface area (Å²) in [5.41, 5.74) is -0.356. The van der Waals surface area contributed by atoms with Gasteiger partial charge in [-0.3, -0.25) is 0 Å². The van der Waals surface area contributed by atoms with Crippen molar-refractivity contribution in [3.8, 4) is 5.75 Å². The average molecular weight is 334 g/mol. The van der Waals surface area contributed by atoms with E-state index in [2.05, 4.69) is 0 Å². The van der Waals surface area contributed by atoms with Crippen LogP contribution in [0.15, 0.2) is 35.2 Å². The first-order chi connectivity index (χ1) is 10.9. The van der Waals surface area contributed by atoms with Crippen molar-refractivity contribution in [3.05, 3.63) is 35.9 Å². The maximum absolute atomic E-state index is 12.8. The van der Waals surface area contributed by atoms with Crippen molar-refractivity contribution in [2.24, 2.45) is 0 Å². The molecule has 0 radical (unpaired) electrons. The number of sulfonamides is 1. The molecule has 0 saturated carbocycles. The van der Waals surface area contributed by atoms with Crippen LogP contribution >= 0.6 is 0 Å². The second-order valence-electron chi connectivity index (χ2n) is 5.60. The van der Waals surface area contributed by atoms with Crippen LogP contribution in [-0.2, 0) is 10.0 Å². The van der Waals surface area contributed by atoms with Crippen LogP contribution in [0.5, 0.6) is 5.75 Å². The minimum absolute atomic E-state index is 0.0611. The lowest BCUT2D eigenvalue weighted by Gasteiger charge is -2.26. The molecule has 2 aromatic carbocycles. The van der Waals surface area contributed by atoms with Crippen molar-refractivity contribution in [1.82, 2.24) is 4.31 Å². The average Bonchev–Trinajstić information content (AvgIpc) is 2.54. The highest BCUT2D eigenvalue weighted by atomic mass is 32.2. The van der Waals surface area contributed by atoms with Gasteiger partial charge in [-0.1, -0.05) is 30.4 Å². The highest BCUT2D eigenvalue weighted by molar-refractivity contribution is 7.89. The summed E-state index contributed by atoms with van der Waals surface area (Å²) in [7, 11) is -3.69. The lowest BCUT2D eigenvalue weighted by Crippen LogP contribution is -2.35. The van der Waals surface area contributed by atoms with Crippen LogP contribution in [-0.4, -0.2) is 36.9 Å². The zero-order chi connectivity index (χ0) is 16.6. The number of aromatic carboxylic acids is 1. The molecule has 7 heteroatoms. The van der Waals surface area contributed by atoms with Crippen LogP contribution in [0.3, 0.4) is 0 Å². The largest absolute Gasteiger partial charge is 0.872 e. The topological polar surface area (TPSA) is 97.7 Å². The van der Waals surface area contributed by atoms with Gasteiger partial charge >= 0.3 is 5.97 Å². The third kappa shape index (κ3) is 2.77. The van der Waals surface area contributed by atoms with Gasteiger partial charge in [0.2, 0.25) is 10.0 Å². The molecule has 6 nitrogen and oxygen atoms in total. The Morgan fingerprint density at radius 1 is 1.13 bits per heavy atom. The summed E-state index contributed by atoms with van der Waals surface area (Å²) >= 11 is 0. The van der Waals surface area contributed by atoms with Gasteiger partial charge in [-0.15, -0.1) is 0 Å². The SMILES string of the molecule is O=C(O)c1cc2cccc(S(=O)(=O)N3CCCCC3)c2cc1[O-]. The molecule has 23 heavy (non-hydrogen) atoms. The summed E-state index contributed by atoms with van der Waals surface area (Å²) in [6, 6.07) is 6.97. The van der Waals surface area contributed by atoms with E-state index >= 15 is 0 Å². The van der Waals surface area contributed by atoms with Crippen molar-refractivity contribution in [1.29, 1.82) is 0 Å². The lowest BCUT2D eigenvalue weighted by molar-refractivity contribution is -0.268. The van der Waals surface area contributed by atoms with Crippen LogP contribution in [0, 0.1) is 0 Å². The number of piperidine rings is 1. The Morgan fingerprint density at radius 2 is 1.83 bits per heavy atom. The van der Waals surface area contributed by atoms with E-state index in [1.165, 1.54) is 16.4 Å². The number of carboxylic acids is 1. The molecule has 0 spiro atoms. The molecule has 122 valence electrons. The number of carbonyl (C=O) groups is 1. The molecule has 0 amide bonds. The molecule has 1 fully saturated rings. The molecule has 3 rings (SSSR count). The molecular weight excluding hydrogens is 318 g/mol. The van der Waals surface area contributed by atoms with E-state index in [9.17, 15) is 18.3 Å². The van der Waals surface area contributed by atoms with Gasteiger partial charge in [0, 0.05) is 18.5 Å². The zero-order valence-electron chi connectivity index (χ0n) is 12.4. The van der Waals surface area contributed by atoms with Gasteiger partial charge in [-0.2, -0.15) is 4.31 Å². The van der Waals surface area contributed by atoms with Crippen molar-refractivity contribution in [2.75, 3.05) is 13.1 Å². The molecule has 0 atom stereocenters. The maximum Gasteiger partial charge on any atom is 0.335 e. The minimum Gasteiger partial charge on any atom is -0.872 e. The van der Waals surface area contributed by atoms with Gasteiger partial charge in [-0.25, -0.2) is 13.2 Å². The Balaban J connectivity index is 2.18. The first-order valence-electron chi connectivity index (χ1n) is 7.38. The Morgan fingerprint density at radius 3 is 2.48 bits per heavy atom. The van der Waals surface area contributed by atoms with E-state index < -0.39 is 21.7 Å². The van der Waals surface area contributed by atoms with E-state index in [-0.39, 0.29) is 15.8 Å². The molecule has 1 aliphatic rings. The second-order valence-corrected chi connectivity index (χ2v) is 7.50. The number of fused-ring (bicyclic) bond motifs is 1. The molecule has 1 saturated heterocycles. The molecular formula is C16H16NO5S-. The smallest absolute Gasteiger partial charge is 0.335 e. The quantitative estimate of drug-likeness (QED) is 0.923. The fraction of sp³-hybridized carbons (Fsp3) is 0.312. The summed E-state index contributed by atoms with van der Waals surface area (Å²) in [5, 5.41) is 21.7. The van der Waals surface area contributed by atoms with Gasteiger partial charge < -0.3 is 10.2 Å². The fourth-order valence-electron chi connectivity index (χ4n) is 2.91. The second kappa shape index (κ2) is 5.82. The maximum atomic E-state index is 12.8. The molecule has 0 aliphatic carbocycles. The highest BCUT2D eigenvalue weighted by Gasteiger charge is 2.27. The van der Waals surface area contributed by atoms with Crippen molar-refractivity contribution < 1.29 is 23.4 Å². The number of nitrogens with zero attached hydrogens (tertiary/aromatic N) is 1. The highest BCUT2D eigenvalue weighted by Crippen LogP contribution is 2.31. The minimum atomic E-state index is -3.69. The fourth-order valence-corrected chi connectivity index (χ4v) is 4.64. The van der Waals surface area contributed by atoms with E-state index in [0.717, 1.165) is 25.3 Å². The predicted octanol–water partition coefficient (Wildman–Crippen LogP) is 1.79. The molecule has 0 unspecified atom stereocenters. The Kier molecular flexibility index (Phi) is 3.99. The van der Waals surface area contributed by atoms with Crippen molar-refractivity contribution in [3.63, 3.8) is 0 Å². The lowest BCUT2D eigenvalue weighted by atomic mass is 10.1. The molecule has 1 aliphatic heterocycles. The number of carboxylic acid groups (broad SMARTS) is 1. The van der Waals surface area contributed by atoms with Gasteiger partial charge in [0.1, 0.15) is 0 Å². The molecule has 1 heterocycles.